The van der Waals surface area contributed by atoms with E-state index in [1.54, 1.807) is 24.1 Å². The van der Waals surface area contributed by atoms with Gasteiger partial charge in [-0.25, -0.2) is 0 Å². The number of carbonyl (C=O) groups is 2. The second-order valence-electron chi connectivity index (χ2n) is 5.10. The summed E-state index contributed by atoms with van der Waals surface area (Å²) in [6.07, 6.45) is 0.716. The lowest BCUT2D eigenvalue weighted by atomic mass is 10.1. The summed E-state index contributed by atoms with van der Waals surface area (Å²) in [5.41, 5.74) is 0.882. The molecule has 0 aliphatic carbocycles. The lowest BCUT2D eigenvalue weighted by molar-refractivity contribution is -0.141. The standard InChI is InChI=1S/C14H17ClN2O3/c1-17-8-11(7-12(17)14(19)20)16-13(18)6-9-2-4-10(15)5-3-9/h2-5,11-12H,6-8H2,1H3,(H,16,18)(H,19,20)/t11-,12-/m0/s1. The summed E-state index contributed by atoms with van der Waals surface area (Å²) in [4.78, 5) is 24.7. The average molecular weight is 297 g/mol. The fourth-order valence-corrected chi connectivity index (χ4v) is 2.59. The molecule has 20 heavy (non-hydrogen) atoms. The van der Waals surface area contributed by atoms with E-state index >= 15 is 0 Å². The van der Waals surface area contributed by atoms with Crippen molar-refractivity contribution >= 4 is 23.5 Å². The summed E-state index contributed by atoms with van der Waals surface area (Å²) in [5.74, 6) is -0.946. The maximum atomic E-state index is 11.9. The number of amides is 1. The summed E-state index contributed by atoms with van der Waals surface area (Å²) in [5, 5.41) is 12.5. The Balaban J connectivity index is 1.86. The van der Waals surface area contributed by atoms with E-state index in [-0.39, 0.29) is 18.4 Å². The van der Waals surface area contributed by atoms with Crippen molar-refractivity contribution in [3.8, 4) is 0 Å². The van der Waals surface area contributed by atoms with Crippen LogP contribution < -0.4 is 5.32 Å². The molecular formula is C14H17ClN2O3. The van der Waals surface area contributed by atoms with Gasteiger partial charge in [0.25, 0.3) is 0 Å². The predicted molar refractivity (Wildman–Crippen MR) is 75.8 cm³/mol. The van der Waals surface area contributed by atoms with Gasteiger partial charge in [0, 0.05) is 17.6 Å². The SMILES string of the molecule is CN1C[C@@H](NC(=O)Cc2ccc(Cl)cc2)C[C@H]1C(=O)O. The highest BCUT2D eigenvalue weighted by Crippen LogP contribution is 2.16. The molecule has 0 aromatic heterocycles. The molecule has 1 fully saturated rings. The molecule has 1 aliphatic heterocycles. The molecule has 0 unspecified atom stereocenters. The highest BCUT2D eigenvalue weighted by atomic mass is 35.5. The van der Waals surface area contributed by atoms with E-state index in [2.05, 4.69) is 5.32 Å². The van der Waals surface area contributed by atoms with Gasteiger partial charge in [-0.1, -0.05) is 23.7 Å². The highest BCUT2D eigenvalue weighted by molar-refractivity contribution is 6.30. The summed E-state index contributed by atoms with van der Waals surface area (Å²) in [6, 6.07) is 6.48. The number of likely N-dealkylation sites (tertiary alicyclic amines) is 1. The molecular weight excluding hydrogens is 280 g/mol. The topological polar surface area (TPSA) is 69.6 Å². The number of carboxylic acid groups (broad SMARTS) is 1. The normalized spacial score (nSPS) is 22.7. The van der Waals surface area contributed by atoms with Gasteiger partial charge < -0.3 is 10.4 Å². The molecule has 2 atom stereocenters. The van der Waals surface area contributed by atoms with Crippen LogP contribution in [-0.2, 0) is 16.0 Å². The average Bonchev–Trinajstić information content (AvgIpc) is 2.73. The van der Waals surface area contributed by atoms with E-state index in [0.29, 0.717) is 18.0 Å². The van der Waals surface area contributed by atoms with Crippen LogP contribution in [0, 0.1) is 0 Å². The Bertz CT molecular complexity index is 504. The van der Waals surface area contributed by atoms with Gasteiger partial charge in [0.2, 0.25) is 5.91 Å². The first-order valence-corrected chi connectivity index (χ1v) is 6.80. The Labute approximate surface area is 122 Å². The minimum Gasteiger partial charge on any atom is -0.480 e. The number of aliphatic carboxylic acids is 1. The molecule has 1 amide bonds. The van der Waals surface area contributed by atoms with Gasteiger partial charge in [-0.2, -0.15) is 0 Å². The van der Waals surface area contributed by atoms with Crippen molar-refractivity contribution in [2.24, 2.45) is 0 Å². The molecule has 2 N–H and O–H groups in total. The largest absolute Gasteiger partial charge is 0.480 e. The maximum absolute atomic E-state index is 11.9. The second-order valence-corrected chi connectivity index (χ2v) is 5.53. The maximum Gasteiger partial charge on any atom is 0.320 e. The molecule has 0 bridgehead atoms. The van der Waals surface area contributed by atoms with Gasteiger partial charge >= 0.3 is 5.97 Å². The Kier molecular flexibility index (Phi) is 4.62. The minimum absolute atomic E-state index is 0.100. The van der Waals surface area contributed by atoms with Crippen LogP contribution in [0.1, 0.15) is 12.0 Å². The quantitative estimate of drug-likeness (QED) is 0.875. The molecule has 2 rings (SSSR count). The molecule has 1 aromatic rings. The number of benzene rings is 1. The van der Waals surface area contributed by atoms with Gasteiger partial charge in [-0.05, 0) is 31.2 Å². The molecule has 0 saturated carbocycles. The lowest BCUT2D eigenvalue weighted by Gasteiger charge is -2.13. The van der Waals surface area contributed by atoms with E-state index in [1.165, 1.54) is 0 Å². The van der Waals surface area contributed by atoms with Crippen molar-refractivity contribution in [2.45, 2.75) is 24.9 Å². The van der Waals surface area contributed by atoms with Crippen LogP contribution >= 0.6 is 11.6 Å². The van der Waals surface area contributed by atoms with Gasteiger partial charge in [0.1, 0.15) is 6.04 Å². The number of carboxylic acids is 1. The van der Waals surface area contributed by atoms with Crippen molar-refractivity contribution in [3.63, 3.8) is 0 Å². The van der Waals surface area contributed by atoms with Crippen LogP contribution in [0.4, 0.5) is 0 Å². The third-order valence-electron chi connectivity index (χ3n) is 3.48. The molecule has 1 aromatic carbocycles. The zero-order chi connectivity index (χ0) is 14.7. The van der Waals surface area contributed by atoms with Gasteiger partial charge in [0.05, 0.1) is 6.42 Å². The molecule has 1 heterocycles. The monoisotopic (exact) mass is 296 g/mol. The van der Waals surface area contributed by atoms with E-state index < -0.39 is 12.0 Å². The lowest BCUT2D eigenvalue weighted by Crippen LogP contribution is -2.37. The second kappa shape index (κ2) is 6.24. The summed E-state index contributed by atoms with van der Waals surface area (Å²) in [7, 11) is 1.75. The number of nitrogens with one attached hydrogen (secondary N) is 1. The first-order valence-electron chi connectivity index (χ1n) is 6.42. The molecule has 1 saturated heterocycles. The molecule has 0 spiro atoms. The van der Waals surface area contributed by atoms with Crippen molar-refractivity contribution in [2.75, 3.05) is 13.6 Å². The third-order valence-corrected chi connectivity index (χ3v) is 3.73. The Morgan fingerprint density at radius 2 is 2.05 bits per heavy atom. The Morgan fingerprint density at radius 3 is 2.60 bits per heavy atom. The Morgan fingerprint density at radius 1 is 1.40 bits per heavy atom. The Hall–Kier alpha value is -1.59. The number of rotatable bonds is 4. The van der Waals surface area contributed by atoms with E-state index in [4.69, 9.17) is 16.7 Å². The van der Waals surface area contributed by atoms with Gasteiger partial charge in [0.15, 0.2) is 0 Å². The van der Waals surface area contributed by atoms with Crippen molar-refractivity contribution < 1.29 is 14.7 Å². The van der Waals surface area contributed by atoms with Crippen LogP contribution in [-0.4, -0.2) is 47.6 Å². The summed E-state index contributed by atoms with van der Waals surface area (Å²) >= 11 is 5.79. The zero-order valence-corrected chi connectivity index (χ0v) is 11.9. The molecule has 1 aliphatic rings. The molecule has 5 nitrogen and oxygen atoms in total. The summed E-state index contributed by atoms with van der Waals surface area (Å²) < 4.78 is 0. The van der Waals surface area contributed by atoms with Crippen LogP contribution in [0.25, 0.3) is 0 Å². The first-order chi connectivity index (χ1) is 9.45. The highest BCUT2D eigenvalue weighted by Gasteiger charge is 2.34. The van der Waals surface area contributed by atoms with Crippen LogP contribution in [0.3, 0.4) is 0 Å². The van der Waals surface area contributed by atoms with Crippen molar-refractivity contribution in [1.82, 2.24) is 10.2 Å². The molecule has 6 heteroatoms. The van der Waals surface area contributed by atoms with Crippen LogP contribution in [0.2, 0.25) is 5.02 Å². The third kappa shape index (κ3) is 3.71. The zero-order valence-electron chi connectivity index (χ0n) is 11.2. The number of hydrogen-bond acceptors (Lipinski definition) is 3. The molecule has 108 valence electrons. The van der Waals surface area contributed by atoms with Crippen molar-refractivity contribution in [3.05, 3.63) is 34.9 Å². The van der Waals surface area contributed by atoms with Gasteiger partial charge in [-0.3, -0.25) is 14.5 Å². The number of carbonyl (C=O) groups excluding carboxylic acids is 1. The minimum atomic E-state index is -0.845. The number of likely N-dealkylation sites (N-methyl/N-ethyl adjacent to an activating group) is 1. The van der Waals surface area contributed by atoms with E-state index in [1.807, 2.05) is 12.1 Å². The fraction of sp³-hybridized carbons (Fsp3) is 0.429. The van der Waals surface area contributed by atoms with E-state index in [9.17, 15) is 9.59 Å². The van der Waals surface area contributed by atoms with Gasteiger partial charge in [-0.15, -0.1) is 0 Å². The number of halogens is 1. The number of hydrogen-bond donors (Lipinski definition) is 2. The predicted octanol–water partition coefficient (Wildman–Crippen LogP) is 1.16. The van der Waals surface area contributed by atoms with Crippen LogP contribution in [0.5, 0.6) is 0 Å². The smallest absolute Gasteiger partial charge is 0.320 e. The number of nitrogens with zero attached hydrogens (tertiary/aromatic N) is 1. The summed E-state index contributed by atoms with van der Waals surface area (Å²) in [6.45, 7) is 0.559. The fourth-order valence-electron chi connectivity index (χ4n) is 2.46. The molecule has 0 radical (unpaired) electrons. The van der Waals surface area contributed by atoms with Crippen molar-refractivity contribution in [1.29, 1.82) is 0 Å². The first kappa shape index (κ1) is 14.8. The van der Waals surface area contributed by atoms with E-state index in [0.717, 1.165) is 5.56 Å². The van der Waals surface area contributed by atoms with Crippen LogP contribution in [0.15, 0.2) is 24.3 Å².